The van der Waals surface area contributed by atoms with Gasteiger partial charge in [0.25, 0.3) is 5.91 Å². The Morgan fingerprint density at radius 3 is 2.45 bits per heavy atom. The number of fused-ring (bicyclic) bond motifs is 2. The van der Waals surface area contributed by atoms with Crippen molar-refractivity contribution in [2.24, 2.45) is 17.8 Å². The third kappa shape index (κ3) is 4.14. The summed E-state index contributed by atoms with van der Waals surface area (Å²) in [5, 5.41) is 2.78. The Labute approximate surface area is 169 Å². The van der Waals surface area contributed by atoms with E-state index in [-0.39, 0.29) is 23.6 Å². The van der Waals surface area contributed by atoms with Gasteiger partial charge in [0, 0.05) is 16.8 Å². The minimum Gasteiger partial charge on any atom is -0.447 e. The number of rotatable bonds is 6. The molecule has 4 unspecified atom stereocenters. The summed E-state index contributed by atoms with van der Waals surface area (Å²) in [5.41, 5.74) is 1.60. The number of benzene rings is 2. The fraction of sp³-hybridized carbons (Fsp3) is 0.292. The molecule has 2 aliphatic carbocycles. The summed E-state index contributed by atoms with van der Waals surface area (Å²) >= 11 is 0. The first-order chi connectivity index (χ1) is 14.0. The van der Waals surface area contributed by atoms with E-state index in [2.05, 4.69) is 17.5 Å². The van der Waals surface area contributed by atoms with E-state index in [1.165, 1.54) is 6.92 Å². The number of esters is 1. The second-order valence-electron chi connectivity index (χ2n) is 7.74. The Hall–Kier alpha value is -3.21. The van der Waals surface area contributed by atoms with E-state index in [9.17, 15) is 14.4 Å². The van der Waals surface area contributed by atoms with Crippen LogP contribution >= 0.6 is 0 Å². The molecule has 1 saturated carbocycles. The number of amides is 1. The lowest BCUT2D eigenvalue weighted by atomic mass is 9.93. The number of carbonyl (C=O) groups excluding carboxylic acids is 3. The topological polar surface area (TPSA) is 72.5 Å². The maximum Gasteiger partial charge on any atom is 0.310 e. The van der Waals surface area contributed by atoms with Crippen molar-refractivity contribution in [2.45, 2.75) is 25.9 Å². The zero-order valence-electron chi connectivity index (χ0n) is 16.2. The van der Waals surface area contributed by atoms with Crippen LogP contribution in [0.1, 0.15) is 41.8 Å². The number of carbonyl (C=O) groups is 3. The van der Waals surface area contributed by atoms with Crippen LogP contribution in [0.15, 0.2) is 66.7 Å². The van der Waals surface area contributed by atoms with Crippen LogP contribution in [-0.2, 0) is 14.3 Å². The molecule has 1 N–H and O–H groups in total. The first-order valence-corrected chi connectivity index (χ1v) is 9.87. The average molecular weight is 389 g/mol. The van der Waals surface area contributed by atoms with Gasteiger partial charge in [-0.3, -0.25) is 14.4 Å². The maximum absolute atomic E-state index is 13.0. The molecule has 4 rings (SSSR count). The molecule has 5 nitrogen and oxygen atoms in total. The Kier molecular flexibility index (Phi) is 5.30. The molecule has 0 aromatic heterocycles. The van der Waals surface area contributed by atoms with Crippen LogP contribution in [0.25, 0.3) is 0 Å². The van der Waals surface area contributed by atoms with Gasteiger partial charge < -0.3 is 10.1 Å². The maximum atomic E-state index is 13.0. The summed E-state index contributed by atoms with van der Waals surface area (Å²) in [6.07, 6.45) is 4.97. The summed E-state index contributed by atoms with van der Waals surface area (Å²) < 4.78 is 5.73. The fourth-order valence-electron chi connectivity index (χ4n) is 4.18. The summed E-state index contributed by atoms with van der Waals surface area (Å²) in [5.74, 6) is -0.399. The van der Waals surface area contributed by atoms with E-state index in [1.807, 2.05) is 6.07 Å². The molecule has 1 amide bonds. The van der Waals surface area contributed by atoms with Crippen molar-refractivity contribution >= 4 is 23.3 Å². The molecular weight excluding hydrogens is 366 g/mol. The second kappa shape index (κ2) is 8.03. The molecule has 1 fully saturated rings. The van der Waals surface area contributed by atoms with Gasteiger partial charge in [-0.2, -0.15) is 0 Å². The fourth-order valence-corrected chi connectivity index (χ4v) is 4.18. The van der Waals surface area contributed by atoms with Crippen molar-refractivity contribution in [2.75, 3.05) is 5.32 Å². The highest BCUT2D eigenvalue weighted by atomic mass is 16.5. The summed E-state index contributed by atoms with van der Waals surface area (Å²) in [7, 11) is 0. The van der Waals surface area contributed by atoms with Crippen LogP contribution in [0.5, 0.6) is 0 Å². The van der Waals surface area contributed by atoms with Gasteiger partial charge in [-0.25, -0.2) is 0 Å². The van der Waals surface area contributed by atoms with Gasteiger partial charge in [-0.1, -0.05) is 54.6 Å². The van der Waals surface area contributed by atoms with Crippen LogP contribution < -0.4 is 5.32 Å². The van der Waals surface area contributed by atoms with Gasteiger partial charge >= 0.3 is 5.97 Å². The molecule has 0 saturated heterocycles. The molecule has 148 valence electrons. The van der Waals surface area contributed by atoms with Crippen molar-refractivity contribution in [3.63, 3.8) is 0 Å². The van der Waals surface area contributed by atoms with Gasteiger partial charge in [-0.05, 0) is 43.7 Å². The third-order valence-electron chi connectivity index (χ3n) is 5.69. The first kappa shape index (κ1) is 19.1. The predicted molar refractivity (Wildman–Crippen MR) is 109 cm³/mol. The molecule has 0 aliphatic heterocycles. The summed E-state index contributed by atoms with van der Waals surface area (Å²) in [6, 6.07) is 15.7. The number of hydrogen-bond donors (Lipinski definition) is 1. The summed E-state index contributed by atoms with van der Waals surface area (Å²) in [6.45, 7) is 1.47. The van der Waals surface area contributed by atoms with Gasteiger partial charge in [-0.15, -0.1) is 0 Å². The number of nitrogens with one attached hydrogen (secondary N) is 1. The first-order valence-electron chi connectivity index (χ1n) is 9.87. The van der Waals surface area contributed by atoms with Crippen molar-refractivity contribution in [3.05, 3.63) is 77.9 Å². The van der Waals surface area contributed by atoms with Crippen molar-refractivity contribution in [1.29, 1.82) is 0 Å². The third-order valence-corrected chi connectivity index (χ3v) is 5.69. The lowest BCUT2D eigenvalue weighted by molar-refractivity contribution is -0.159. The zero-order chi connectivity index (χ0) is 20.4. The Morgan fingerprint density at radius 2 is 1.79 bits per heavy atom. The van der Waals surface area contributed by atoms with Crippen LogP contribution in [0.3, 0.4) is 0 Å². The molecular formula is C24H23NO4. The van der Waals surface area contributed by atoms with Crippen LogP contribution in [0.2, 0.25) is 0 Å². The lowest BCUT2D eigenvalue weighted by Crippen LogP contribution is -2.30. The van der Waals surface area contributed by atoms with Crippen LogP contribution in [0, 0.1) is 17.8 Å². The number of allylic oxidation sites excluding steroid dienone is 2. The number of ketones is 1. The average Bonchev–Trinajstić information content (AvgIpc) is 3.36. The number of ether oxygens (including phenoxy) is 1. The Balaban J connectivity index is 1.53. The monoisotopic (exact) mass is 389 g/mol. The standard InChI is InChI=1S/C24H23NO4/c1-15(26)18-8-5-9-20(14-18)25-23(27)22(17-6-3-2-4-7-17)29-24(28)21-13-16-10-11-19(21)12-16/h2-11,14,16,19,21-22H,12-13H2,1H3,(H,25,27). The second-order valence-corrected chi connectivity index (χ2v) is 7.74. The lowest BCUT2D eigenvalue weighted by Gasteiger charge is -2.22. The Bertz CT molecular complexity index is 966. The minimum atomic E-state index is -1.05. The molecule has 0 heterocycles. The van der Waals surface area contributed by atoms with E-state index in [0.29, 0.717) is 22.7 Å². The smallest absolute Gasteiger partial charge is 0.310 e. The van der Waals surface area contributed by atoms with Gasteiger partial charge in [0.2, 0.25) is 6.10 Å². The zero-order valence-corrected chi connectivity index (χ0v) is 16.2. The molecule has 0 radical (unpaired) electrons. The molecule has 2 aromatic rings. The minimum absolute atomic E-state index is 0.0866. The van der Waals surface area contributed by atoms with E-state index in [4.69, 9.17) is 4.74 Å². The summed E-state index contributed by atoms with van der Waals surface area (Å²) in [4.78, 5) is 37.5. The molecule has 0 spiro atoms. The van der Waals surface area contributed by atoms with E-state index in [1.54, 1.807) is 48.5 Å². The highest BCUT2D eigenvalue weighted by Crippen LogP contribution is 2.44. The van der Waals surface area contributed by atoms with Gasteiger partial charge in [0.05, 0.1) is 5.92 Å². The largest absolute Gasteiger partial charge is 0.447 e. The van der Waals surface area contributed by atoms with Crippen molar-refractivity contribution in [3.8, 4) is 0 Å². The highest BCUT2D eigenvalue weighted by molar-refractivity contribution is 5.99. The molecule has 5 heteroatoms. The van der Waals surface area contributed by atoms with Crippen molar-refractivity contribution in [1.82, 2.24) is 0 Å². The van der Waals surface area contributed by atoms with Gasteiger partial charge in [0.1, 0.15) is 0 Å². The predicted octanol–water partition coefficient (Wildman–Crippen LogP) is 4.32. The van der Waals surface area contributed by atoms with E-state index >= 15 is 0 Å². The highest BCUT2D eigenvalue weighted by Gasteiger charge is 2.42. The van der Waals surface area contributed by atoms with Crippen LogP contribution in [-0.4, -0.2) is 17.7 Å². The van der Waals surface area contributed by atoms with Crippen molar-refractivity contribution < 1.29 is 19.1 Å². The SMILES string of the molecule is CC(=O)c1cccc(NC(=O)C(OC(=O)C2CC3C=CC2C3)c2ccccc2)c1. The molecule has 4 atom stereocenters. The van der Waals surface area contributed by atoms with E-state index in [0.717, 1.165) is 12.8 Å². The quantitative estimate of drug-likeness (QED) is 0.454. The number of Topliss-reactive ketones (excluding diaryl/α,β-unsaturated/α-hetero) is 1. The normalized spacial score (nSPS) is 22.9. The van der Waals surface area contributed by atoms with E-state index < -0.39 is 12.0 Å². The molecule has 2 bridgehead atoms. The number of anilines is 1. The van der Waals surface area contributed by atoms with Crippen LogP contribution in [0.4, 0.5) is 5.69 Å². The molecule has 29 heavy (non-hydrogen) atoms. The molecule has 2 aliphatic rings. The molecule has 2 aromatic carbocycles. The number of hydrogen-bond acceptors (Lipinski definition) is 4. The Morgan fingerprint density at radius 1 is 1.00 bits per heavy atom. The van der Waals surface area contributed by atoms with Gasteiger partial charge in [0.15, 0.2) is 5.78 Å².